The van der Waals surface area contributed by atoms with Crippen LogP contribution in [-0.2, 0) is 6.54 Å². The van der Waals surface area contributed by atoms with Crippen molar-refractivity contribution >= 4 is 17.3 Å². The van der Waals surface area contributed by atoms with E-state index < -0.39 is 0 Å². The van der Waals surface area contributed by atoms with Gasteiger partial charge >= 0.3 is 0 Å². The Morgan fingerprint density at radius 3 is 2.61 bits per heavy atom. The monoisotopic (exact) mass is 266 g/mol. The molecule has 2 N–H and O–H groups in total. The second-order valence-electron chi connectivity index (χ2n) is 5.52. The zero-order valence-corrected chi connectivity index (χ0v) is 12.1. The van der Waals surface area contributed by atoms with Crippen LogP contribution >= 0.6 is 11.6 Å². The predicted octanol–water partition coefficient (Wildman–Crippen LogP) is 3.93. The Morgan fingerprint density at radius 1 is 1.33 bits per heavy atom. The van der Waals surface area contributed by atoms with Gasteiger partial charge in [-0.15, -0.1) is 0 Å². The maximum absolute atomic E-state index is 5.95. The van der Waals surface area contributed by atoms with Crippen LogP contribution in [0.15, 0.2) is 18.2 Å². The lowest BCUT2D eigenvalue weighted by atomic mass is 9.82. The highest BCUT2D eigenvalue weighted by Gasteiger charge is 2.34. The van der Waals surface area contributed by atoms with Crippen LogP contribution in [0.3, 0.4) is 0 Å². The van der Waals surface area contributed by atoms with E-state index >= 15 is 0 Å². The van der Waals surface area contributed by atoms with Gasteiger partial charge in [-0.2, -0.15) is 0 Å². The summed E-state index contributed by atoms with van der Waals surface area (Å²) in [5.41, 5.74) is 8.34. The molecule has 0 aliphatic carbocycles. The van der Waals surface area contributed by atoms with Crippen molar-refractivity contribution in [3.63, 3.8) is 0 Å². The number of halogens is 1. The highest BCUT2D eigenvalue weighted by Crippen LogP contribution is 2.37. The number of rotatable bonds is 4. The highest BCUT2D eigenvalue weighted by molar-refractivity contribution is 6.33. The van der Waals surface area contributed by atoms with Crippen molar-refractivity contribution in [2.45, 2.75) is 39.7 Å². The van der Waals surface area contributed by atoms with E-state index in [0.717, 1.165) is 6.54 Å². The molecule has 0 saturated carbocycles. The third kappa shape index (κ3) is 2.81. The molecule has 1 saturated heterocycles. The van der Waals surface area contributed by atoms with E-state index in [0.29, 0.717) is 16.1 Å². The zero-order chi connectivity index (χ0) is 13.2. The molecule has 0 unspecified atom stereocenters. The Hall–Kier alpha value is -0.730. The summed E-state index contributed by atoms with van der Waals surface area (Å²) < 4.78 is 0. The molecule has 0 bridgehead atoms. The van der Waals surface area contributed by atoms with Gasteiger partial charge in [-0.1, -0.05) is 31.5 Å². The van der Waals surface area contributed by atoms with E-state index in [1.807, 2.05) is 12.1 Å². The van der Waals surface area contributed by atoms with Gasteiger partial charge in [-0.3, -0.25) is 4.90 Å². The lowest BCUT2D eigenvalue weighted by molar-refractivity contribution is 0.236. The third-order valence-electron chi connectivity index (χ3n) is 4.48. The number of benzene rings is 1. The van der Waals surface area contributed by atoms with E-state index in [2.05, 4.69) is 24.8 Å². The fourth-order valence-electron chi connectivity index (χ4n) is 2.94. The van der Waals surface area contributed by atoms with E-state index in [-0.39, 0.29) is 0 Å². The molecular weight excluding hydrogens is 244 g/mol. The maximum atomic E-state index is 5.95. The molecule has 1 aliphatic rings. The van der Waals surface area contributed by atoms with Crippen LogP contribution in [0.4, 0.5) is 5.69 Å². The molecule has 0 spiro atoms. The summed E-state index contributed by atoms with van der Waals surface area (Å²) in [5.74, 6) is 0. The minimum absolute atomic E-state index is 0.540. The number of hydrogen-bond donors (Lipinski definition) is 1. The van der Waals surface area contributed by atoms with Crippen LogP contribution in [0, 0.1) is 5.41 Å². The van der Waals surface area contributed by atoms with E-state index in [9.17, 15) is 0 Å². The molecule has 100 valence electrons. The van der Waals surface area contributed by atoms with Crippen molar-refractivity contribution in [3.05, 3.63) is 28.8 Å². The minimum Gasteiger partial charge on any atom is -0.398 e. The zero-order valence-electron chi connectivity index (χ0n) is 11.4. The minimum atomic E-state index is 0.540. The predicted molar refractivity (Wildman–Crippen MR) is 78.8 cm³/mol. The number of nitrogen functional groups attached to an aromatic ring is 1. The summed E-state index contributed by atoms with van der Waals surface area (Å²) in [6, 6.07) is 5.98. The topological polar surface area (TPSA) is 29.3 Å². The molecule has 2 rings (SSSR count). The molecule has 1 aliphatic heterocycles. The Balaban J connectivity index is 2.01. The number of nitrogens with two attached hydrogens (primary N) is 1. The molecule has 0 radical (unpaired) electrons. The molecule has 0 aromatic heterocycles. The SMILES string of the molecule is CCC1(CC)CCN(Cc2ccc(Cl)c(N)c2)C1. The van der Waals surface area contributed by atoms with Crippen molar-refractivity contribution in [2.24, 2.45) is 5.41 Å². The Morgan fingerprint density at radius 2 is 2.06 bits per heavy atom. The average Bonchev–Trinajstić information content (AvgIpc) is 2.78. The number of likely N-dealkylation sites (tertiary alicyclic amines) is 1. The lowest BCUT2D eigenvalue weighted by Gasteiger charge is -2.26. The Kier molecular flexibility index (Phi) is 4.18. The Bertz CT molecular complexity index is 413. The fourth-order valence-corrected chi connectivity index (χ4v) is 3.06. The van der Waals surface area contributed by atoms with Gasteiger partial charge < -0.3 is 5.73 Å². The van der Waals surface area contributed by atoms with Gasteiger partial charge in [0.1, 0.15) is 0 Å². The molecule has 3 heteroatoms. The maximum Gasteiger partial charge on any atom is 0.0635 e. The largest absolute Gasteiger partial charge is 0.398 e. The molecular formula is C15H23ClN2. The summed E-state index contributed by atoms with van der Waals surface area (Å²) in [6.45, 7) is 8.02. The molecule has 0 atom stereocenters. The fraction of sp³-hybridized carbons (Fsp3) is 0.600. The lowest BCUT2D eigenvalue weighted by Crippen LogP contribution is -2.26. The molecule has 2 nitrogen and oxygen atoms in total. The molecule has 0 amide bonds. The third-order valence-corrected chi connectivity index (χ3v) is 4.83. The first kappa shape index (κ1) is 13.7. The van der Waals surface area contributed by atoms with Crippen LogP contribution in [0.5, 0.6) is 0 Å². The number of nitrogens with zero attached hydrogens (tertiary/aromatic N) is 1. The number of anilines is 1. The van der Waals surface area contributed by atoms with E-state index in [1.54, 1.807) is 0 Å². The van der Waals surface area contributed by atoms with Crippen molar-refractivity contribution in [3.8, 4) is 0 Å². The van der Waals surface area contributed by atoms with Crippen LogP contribution in [0.25, 0.3) is 0 Å². The van der Waals surface area contributed by atoms with Gasteiger partial charge in [-0.05, 0) is 48.9 Å². The van der Waals surface area contributed by atoms with Crippen molar-refractivity contribution < 1.29 is 0 Å². The highest BCUT2D eigenvalue weighted by atomic mass is 35.5. The molecule has 1 aromatic carbocycles. The molecule has 1 aromatic rings. The molecule has 1 heterocycles. The van der Waals surface area contributed by atoms with Gasteiger partial charge in [-0.25, -0.2) is 0 Å². The molecule has 18 heavy (non-hydrogen) atoms. The summed E-state index contributed by atoms with van der Waals surface area (Å²) >= 11 is 5.95. The van der Waals surface area contributed by atoms with Crippen LogP contribution < -0.4 is 5.73 Å². The summed E-state index contributed by atoms with van der Waals surface area (Å²) in [5, 5.41) is 0.650. The quantitative estimate of drug-likeness (QED) is 0.837. The van der Waals surface area contributed by atoms with E-state index in [4.69, 9.17) is 17.3 Å². The van der Waals surface area contributed by atoms with Crippen molar-refractivity contribution in [1.29, 1.82) is 0 Å². The second kappa shape index (κ2) is 5.50. The van der Waals surface area contributed by atoms with Gasteiger partial charge in [0.05, 0.1) is 10.7 Å². The first-order valence-electron chi connectivity index (χ1n) is 6.85. The van der Waals surface area contributed by atoms with Gasteiger partial charge in [0.25, 0.3) is 0 Å². The normalized spacial score (nSPS) is 19.3. The smallest absolute Gasteiger partial charge is 0.0635 e. The van der Waals surface area contributed by atoms with Crippen molar-refractivity contribution in [2.75, 3.05) is 18.8 Å². The first-order valence-corrected chi connectivity index (χ1v) is 7.22. The summed E-state index contributed by atoms with van der Waals surface area (Å²) in [4.78, 5) is 2.54. The Labute approximate surface area is 115 Å². The number of hydrogen-bond acceptors (Lipinski definition) is 2. The van der Waals surface area contributed by atoms with E-state index in [1.165, 1.54) is 37.9 Å². The van der Waals surface area contributed by atoms with Gasteiger partial charge in [0, 0.05) is 13.1 Å². The van der Waals surface area contributed by atoms with Crippen LogP contribution in [0.1, 0.15) is 38.7 Å². The van der Waals surface area contributed by atoms with Gasteiger partial charge in [0.15, 0.2) is 0 Å². The van der Waals surface area contributed by atoms with Crippen LogP contribution in [-0.4, -0.2) is 18.0 Å². The average molecular weight is 267 g/mol. The summed E-state index contributed by atoms with van der Waals surface area (Å²) in [7, 11) is 0. The summed E-state index contributed by atoms with van der Waals surface area (Å²) in [6.07, 6.45) is 3.88. The first-order chi connectivity index (χ1) is 8.58. The van der Waals surface area contributed by atoms with Crippen molar-refractivity contribution in [1.82, 2.24) is 4.90 Å². The standard InChI is InChI=1S/C15H23ClN2/c1-3-15(4-2)7-8-18(11-15)10-12-5-6-13(16)14(17)9-12/h5-6,9H,3-4,7-8,10-11,17H2,1-2H3. The van der Waals surface area contributed by atoms with Crippen LogP contribution in [0.2, 0.25) is 5.02 Å². The molecule has 1 fully saturated rings. The van der Waals surface area contributed by atoms with Gasteiger partial charge in [0.2, 0.25) is 0 Å². The second-order valence-corrected chi connectivity index (χ2v) is 5.93.